The molecule has 1 aromatic carbocycles. The number of hydrogen-bond donors (Lipinski definition) is 1. The normalized spacial score (nSPS) is 22.9. The molecule has 5 heteroatoms. The number of aromatic nitrogens is 2. The molecular formula is C23H32N4O. The summed E-state index contributed by atoms with van der Waals surface area (Å²) in [7, 11) is 2.16. The third kappa shape index (κ3) is 4.30. The fraction of sp³-hybridized carbons (Fsp3) is 0.565. The summed E-state index contributed by atoms with van der Waals surface area (Å²) in [6, 6.07) is 12.6. The zero-order valence-corrected chi connectivity index (χ0v) is 16.9. The van der Waals surface area contributed by atoms with Gasteiger partial charge in [-0.3, -0.25) is 9.89 Å². The number of piperidine rings is 2. The van der Waals surface area contributed by atoms with Crippen LogP contribution in [-0.4, -0.2) is 59.1 Å². The van der Waals surface area contributed by atoms with E-state index in [9.17, 15) is 4.79 Å². The van der Waals surface area contributed by atoms with E-state index in [1.165, 1.54) is 17.7 Å². The Hall–Kier alpha value is -2.14. The fourth-order valence-electron chi connectivity index (χ4n) is 4.96. The number of nitrogens with zero attached hydrogens (tertiary/aromatic N) is 3. The maximum absolute atomic E-state index is 13.8. The Morgan fingerprint density at radius 2 is 1.96 bits per heavy atom. The number of rotatable bonds is 5. The number of H-pyrrole nitrogens is 1. The van der Waals surface area contributed by atoms with Gasteiger partial charge in [0.2, 0.25) is 5.91 Å². The molecule has 3 heterocycles. The van der Waals surface area contributed by atoms with Crippen molar-refractivity contribution in [3.8, 4) is 0 Å². The second-order valence-corrected chi connectivity index (χ2v) is 8.79. The molecule has 0 unspecified atom stereocenters. The van der Waals surface area contributed by atoms with Crippen molar-refractivity contribution in [1.29, 1.82) is 0 Å². The van der Waals surface area contributed by atoms with Gasteiger partial charge in [0.25, 0.3) is 0 Å². The predicted molar refractivity (Wildman–Crippen MR) is 111 cm³/mol. The highest BCUT2D eigenvalue weighted by Crippen LogP contribution is 2.38. The van der Waals surface area contributed by atoms with Gasteiger partial charge in [-0.05, 0) is 76.2 Å². The summed E-state index contributed by atoms with van der Waals surface area (Å²) in [5.41, 5.74) is 2.22. The van der Waals surface area contributed by atoms with Crippen molar-refractivity contribution in [1.82, 2.24) is 20.0 Å². The first-order chi connectivity index (χ1) is 13.6. The first-order valence-electron chi connectivity index (χ1n) is 10.6. The Morgan fingerprint density at radius 3 is 2.68 bits per heavy atom. The maximum atomic E-state index is 13.8. The van der Waals surface area contributed by atoms with E-state index < -0.39 is 0 Å². The van der Waals surface area contributed by atoms with Crippen LogP contribution < -0.4 is 0 Å². The Balaban J connectivity index is 1.49. The molecule has 2 aliphatic heterocycles. The molecular weight excluding hydrogens is 348 g/mol. The molecule has 28 heavy (non-hydrogen) atoms. The number of hydrogen-bond acceptors (Lipinski definition) is 3. The van der Waals surface area contributed by atoms with Crippen LogP contribution in [0.25, 0.3) is 0 Å². The van der Waals surface area contributed by atoms with Crippen LogP contribution in [0.15, 0.2) is 42.6 Å². The smallest absolute Gasteiger partial charge is 0.229 e. The second-order valence-electron chi connectivity index (χ2n) is 8.79. The maximum Gasteiger partial charge on any atom is 0.229 e. The quantitative estimate of drug-likeness (QED) is 0.867. The Kier molecular flexibility index (Phi) is 5.81. The van der Waals surface area contributed by atoms with E-state index in [4.69, 9.17) is 0 Å². The summed E-state index contributed by atoms with van der Waals surface area (Å²) >= 11 is 0. The highest BCUT2D eigenvalue weighted by Gasteiger charge is 2.43. The summed E-state index contributed by atoms with van der Waals surface area (Å²) in [6.45, 7) is 3.79. The highest BCUT2D eigenvalue weighted by atomic mass is 16.2. The molecule has 1 N–H and O–H groups in total. The number of nitrogens with one attached hydrogen (secondary N) is 1. The number of benzene rings is 1. The third-order valence-electron chi connectivity index (χ3n) is 6.66. The van der Waals surface area contributed by atoms with Crippen LogP contribution in [0, 0.1) is 11.3 Å². The first kappa shape index (κ1) is 19.2. The predicted octanol–water partition coefficient (Wildman–Crippen LogP) is 3.15. The van der Waals surface area contributed by atoms with Crippen molar-refractivity contribution < 1.29 is 4.79 Å². The van der Waals surface area contributed by atoms with Gasteiger partial charge < -0.3 is 9.80 Å². The average molecular weight is 381 g/mol. The van der Waals surface area contributed by atoms with Gasteiger partial charge in [0.05, 0.1) is 5.41 Å². The standard InChI is InChI=1S/C23H32N4O/c1-26-14-10-23(11-15-26,17-19-6-3-2-4-7-19)22(28)27-13-5-8-20(18-27)16-21-9-12-24-25-21/h2-4,6-7,9,12,20H,5,8,10-11,13-18H2,1H3,(H,24,25)/t20-/m1/s1. The molecule has 0 radical (unpaired) electrons. The van der Waals surface area contributed by atoms with Gasteiger partial charge in [0.15, 0.2) is 0 Å². The zero-order chi connectivity index (χ0) is 19.4. The van der Waals surface area contributed by atoms with Crippen LogP contribution in [0.3, 0.4) is 0 Å². The molecule has 0 saturated carbocycles. The lowest BCUT2D eigenvalue weighted by atomic mass is 9.72. The minimum absolute atomic E-state index is 0.246. The van der Waals surface area contributed by atoms with Gasteiger partial charge in [-0.2, -0.15) is 5.10 Å². The lowest BCUT2D eigenvalue weighted by Gasteiger charge is -2.44. The van der Waals surface area contributed by atoms with E-state index in [1.807, 2.05) is 6.20 Å². The lowest BCUT2D eigenvalue weighted by molar-refractivity contribution is -0.147. The summed E-state index contributed by atoms with van der Waals surface area (Å²) in [5.74, 6) is 0.914. The van der Waals surface area contributed by atoms with E-state index in [0.29, 0.717) is 11.8 Å². The molecule has 4 rings (SSSR count). The van der Waals surface area contributed by atoms with Crippen molar-refractivity contribution >= 4 is 5.91 Å². The van der Waals surface area contributed by atoms with Gasteiger partial charge in [-0.15, -0.1) is 0 Å². The van der Waals surface area contributed by atoms with E-state index in [0.717, 1.165) is 58.3 Å². The molecule has 0 aliphatic carbocycles. The third-order valence-corrected chi connectivity index (χ3v) is 6.66. The zero-order valence-electron chi connectivity index (χ0n) is 16.9. The van der Waals surface area contributed by atoms with Crippen molar-refractivity contribution in [2.75, 3.05) is 33.2 Å². The molecule has 0 spiro atoms. The first-order valence-corrected chi connectivity index (χ1v) is 10.6. The molecule has 2 fully saturated rings. The monoisotopic (exact) mass is 380 g/mol. The molecule has 1 atom stereocenters. The van der Waals surface area contributed by atoms with Crippen molar-refractivity contribution in [2.24, 2.45) is 11.3 Å². The number of carbonyl (C=O) groups excluding carboxylic acids is 1. The molecule has 5 nitrogen and oxygen atoms in total. The van der Waals surface area contributed by atoms with Gasteiger partial charge in [0.1, 0.15) is 0 Å². The van der Waals surface area contributed by atoms with Crippen molar-refractivity contribution in [2.45, 2.75) is 38.5 Å². The van der Waals surface area contributed by atoms with Crippen LogP contribution in [0.5, 0.6) is 0 Å². The second kappa shape index (κ2) is 8.48. The summed E-state index contributed by atoms with van der Waals surface area (Å²) in [5, 5.41) is 7.15. The summed E-state index contributed by atoms with van der Waals surface area (Å²) in [4.78, 5) is 18.4. The number of aromatic amines is 1. The van der Waals surface area contributed by atoms with Crippen molar-refractivity contribution in [3.63, 3.8) is 0 Å². The minimum Gasteiger partial charge on any atom is -0.342 e. The molecule has 150 valence electrons. The topological polar surface area (TPSA) is 52.2 Å². The number of likely N-dealkylation sites (tertiary alicyclic amines) is 2. The molecule has 1 amide bonds. The number of amides is 1. The van der Waals surface area contributed by atoms with Crippen LogP contribution in [0.2, 0.25) is 0 Å². The van der Waals surface area contributed by atoms with E-state index in [1.54, 1.807) is 0 Å². The van der Waals surface area contributed by atoms with Gasteiger partial charge >= 0.3 is 0 Å². The largest absolute Gasteiger partial charge is 0.342 e. The van der Waals surface area contributed by atoms with Crippen LogP contribution >= 0.6 is 0 Å². The SMILES string of the molecule is CN1CCC(Cc2ccccc2)(C(=O)N2CCC[C@H](Cc3ccn[nH]3)C2)CC1. The Morgan fingerprint density at radius 1 is 1.18 bits per heavy atom. The van der Waals surface area contributed by atoms with Crippen LogP contribution in [0.4, 0.5) is 0 Å². The minimum atomic E-state index is -0.246. The fourth-order valence-corrected chi connectivity index (χ4v) is 4.96. The van der Waals surface area contributed by atoms with Gasteiger partial charge in [-0.1, -0.05) is 30.3 Å². The molecule has 2 aromatic rings. The van der Waals surface area contributed by atoms with Crippen LogP contribution in [-0.2, 0) is 17.6 Å². The molecule has 0 bridgehead atoms. The number of carbonyl (C=O) groups is 1. The van der Waals surface area contributed by atoms with Gasteiger partial charge in [-0.25, -0.2) is 0 Å². The van der Waals surface area contributed by atoms with Crippen molar-refractivity contribution in [3.05, 3.63) is 53.9 Å². The highest BCUT2D eigenvalue weighted by molar-refractivity contribution is 5.83. The molecule has 2 aliphatic rings. The molecule has 2 saturated heterocycles. The Labute approximate surface area is 168 Å². The van der Waals surface area contributed by atoms with E-state index in [2.05, 4.69) is 63.4 Å². The van der Waals surface area contributed by atoms with Crippen LogP contribution in [0.1, 0.15) is 36.9 Å². The average Bonchev–Trinajstić information content (AvgIpc) is 3.23. The lowest BCUT2D eigenvalue weighted by Crippen LogP contribution is -2.53. The summed E-state index contributed by atoms with van der Waals surface area (Å²) in [6.07, 6.45) is 7.87. The Bertz CT molecular complexity index is 750. The van der Waals surface area contributed by atoms with Gasteiger partial charge in [0, 0.05) is 25.0 Å². The van der Waals surface area contributed by atoms with E-state index in [-0.39, 0.29) is 5.41 Å². The summed E-state index contributed by atoms with van der Waals surface area (Å²) < 4.78 is 0. The molecule has 1 aromatic heterocycles. The van der Waals surface area contributed by atoms with E-state index >= 15 is 0 Å².